The summed E-state index contributed by atoms with van der Waals surface area (Å²) in [4.78, 5) is 12.3. The van der Waals surface area contributed by atoms with Crippen LogP contribution in [0, 0.1) is 17.1 Å². The molecule has 30 heavy (non-hydrogen) atoms. The molecule has 3 rings (SSSR count). The maximum absolute atomic E-state index is 13.3. The van der Waals surface area contributed by atoms with Crippen LogP contribution in [0.25, 0.3) is 11.6 Å². The van der Waals surface area contributed by atoms with Gasteiger partial charge in [-0.3, -0.25) is 0 Å². The molecule has 0 N–H and O–H groups in total. The molecule has 5 nitrogen and oxygen atoms in total. The monoisotopic (exact) mass is 403 g/mol. The van der Waals surface area contributed by atoms with Gasteiger partial charge in [0, 0.05) is 0 Å². The molecule has 0 aliphatic carbocycles. The number of carbonyl (C=O) groups excluding carboxylic acids is 1. The molecule has 0 bridgehead atoms. The van der Waals surface area contributed by atoms with Crippen LogP contribution >= 0.6 is 0 Å². The molecule has 0 heterocycles. The fraction of sp³-hybridized carbons (Fsp3) is 0.0833. The third-order valence-corrected chi connectivity index (χ3v) is 4.28. The third kappa shape index (κ3) is 4.83. The van der Waals surface area contributed by atoms with E-state index in [0.717, 1.165) is 11.6 Å². The fourth-order valence-electron chi connectivity index (χ4n) is 2.75. The molecule has 150 valence electrons. The zero-order chi connectivity index (χ0) is 21.5. The Balaban J connectivity index is 1.86. The van der Waals surface area contributed by atoms with E-state index in [1.165, 1.54) is 25.3 Å². The van der Waals surface area contributed by atoms with E-state index in [0.29, 0.717) is 22.6 Å². The van der Waals surface area contributed by atoms with Crippen molar-refractivity contribution in [1.82, 2.24) is 0 Å². The zero-order valence-electron chi connectivity index (χ0n) is 16.4. The van der Waals surface area contributed by atoms with Gasteiger partial charge < -0.3 is 14.2 Å². The maximum Gasteiger partial charge on any atom is 0.343 e. The van der Waals surface area contributed by atoms with E-state index in [-0.39, 0.29) is 11.3 Å². The number of methoxy groups -OCH3 is 2. The van der Waals surface area contributed by atoms with Crippen LogP contribution in [0.15, 0.2) is 66.7 Å². The predicted molar refractivity (Wildman–Crippen MR) is 111 cm³/mol. The Morgan fingerprint density at radius 3 is 2.33 bits per heavy atom. The Labute approximate surface area is 173 Å². The average Bonchev–Trinajstić information content (AvgIpc) is 2.78. The molecule has 0 saturated carbocycles. The van der Waals surface area contributed by atoms with Crippen LogP contribution in [-0.4, -0.2) is 20.2 Å². The lowest BCUT2D eigenvalue weighted by Crippen LogP contribution is -2.09. The highest BCUT2D eigenvalue weighted by Gasteiger charge is 2.14. The number of esters is 1. The molecule has 0 unspecified atom stereocenters. The molecule has 0 aromatic heterocycles. The van der Waals surface area contributed by atoms with Gasteiger partial charge in [-0.05, 0) is 71.8 Å². The number of hydrogen-bond acceptors (Lipinski definition) is 5. The Morgan fingerprint density at radius 2 is 1.70 bits per heavy atom. The number of halogens is 1. The number of rotatable bonds is 6. The Hall–Kier alpha value is -4.11. The van der Waals surface area contributed by atoms with Crippen molar-refractivity contribution in [3.63, 3.8) is 0 Å². The van der Waals surface area contributed by atoms with Gasteiger partial charge in [0.05, 0.1) is 31.4 Å². The van der Waals surface area contributed by atoms with E-state index in [1.807, 2.05) is 0 Å². The molecule has 0 amide bonds. The summed E-state index contributed by atoms with van der Waals surface area (Å²) in [5, 5.41) is 9.54. The van der Waals surface area contributed by atoms with E-state index >= 15 is 0 Å². The highest BCUT2D eigenvalue weighted by Crippen LogP contribution is 2.31. The second-order valence-corrected chi connectivity index (χ2v) is 6.21. The first-order valence-corrected chi connectivity index (χ1v) is 8.96. The number of allylic oxidation sites excluding steroid dienone is 1. The largest absolute Gasteiger partial charge is 0.497 e. The molecule has 0 radical (unpaired) electrons. The molecule has 0 fully saturated rings. The molecule has 0 aliphatic heterocycles. The molecule has 0 atom stereocenters. The van der Waals surface area contributed by atoms with Crippen molar-refractivity contribution in [2.24, 2.45) is 0 Å². The van der Waals surface area contributed by atoms with Gasteiger partial charge in [0.1, 0.15) is 11.6 Å². The van der Waals surface area contributed by atoms with Crippen molar-refractivity contribution in [1.29, 1.82) is 5.26 Å². The van der Waals surface area contributed by atoms with E-state index < -0.39 is 11.8 Å². The van der Waals surface area contributed by atoms with Crippen molar-refractivity contribution in [2.75, 3.05) is 14.2 Å². The standard InChI is InChI=1S/C24H18FNO4/c1-28-21-9-7-17(8-10-21)19(15-26)12-16-6-11-22(23(13-16)29-2)30-24(27)18-4-3-5-20(25)14-18/h3-14H,1-2H3/b19-12-. The molecular weight excluding hydrogens is 385 g/mol. The van der Waals surface area contributed by atoms with Crippen LogP contribution in [0.1, 0.15) is 21.5 Å². The van der Waals surface area contributed by atoms with Gasteiger partial charge >= 0.3 is 5.97 Å². The minimum absolute atomic E-state index is 0.0901. The number of carbonyl (C=O) groups is 1. The minimum Gasteiger partial charge on any atom is -0.497 e. The first-order chi connectivity index (χ1) is 14.5. The van der Waals surface area contributed by atoms with Crippen LogP contribution in [0.3, 0.4) is 0 Å². The van der Waals surface area contributed by atoms with E-state index in [9.17, 15) is 14.4 Å². The molecule has 0 spiro atoms. The average molecular weight is 403 g/mol. The van der Waals surface area contributed by atoms with Crippen molar-refractivity contribution < 1.29 is 23.4 Å². The summed E-state index contributed by atoms with van der Waals surface area (Å²) in [5.74, 6) is -0.0407. The summed E-state index contributed by atoms with van der Waals surface area (Å²) < 4.78 is 29.1. The zero-order valence-corrected chi connectivity index (χ0v) is 16.4. The van der Waals surface area contributed by atoms with Crippen molar-refractivity contribution in [3.8, 4) is 23.3 Å². The number of benzene rings is 3. The number of ether oxygens (including phenoxy) is 3. The second-order valence-electron chi connectivity index (χ2n) is 6.21. The summed E-state index contributed by atoms with van der Waals surface area (Å²) in [6.45, 7) is 0. The molecule has 6 heteroatoms. The lowest BCUT2D eigenvalue weighted by Gasteiger charge is -2.10. The second kappa shape index (κ2) is 9.39. The van der Waals surface area contributed by atoms with Crippen LogP contribution in [0.5, 0.6) is 17.2 Å². The third-order valence-electron chi connectivity index (χ3n) is 4.28. The highest BCUT2D eigenvalue weighted by atomic mass is 19.1. The Kier molecular flexibility index (Phi) is 6.46. The van der Waals surface area contributed by atoms with Gasteiger partial charge in [-0.2, -0.15) is 5.26 Å². The number of hydrogen-bond donors (Lipinski definition) is 0. The van der Waals surface area contributed by atoms with Crippen molar-refractivity contribution in [2.45, 2.75) is 0 Å². The van der Waals surface area contributed by atoms with Crippen molar-refractivity contribution >= 4 is 17.6 Å². The first kappa shape index (κ1) is 20.6. The Morgan fingerprint density at radius 1 is 0.933 bits per heavy atom. The molecule has 3 aromatic rings. The summed E-state index contributed by atoms with van der Waals surface area (Å²) in [7, 11) is 3.02. The smallest absolute Gasteiger partial charge is 0.343 e. The van der Waals surface area contributed by atoms with Crippen LogP contribution in [-0.2, 0) is 0 Å². The van der Waals surface area contributed by atoms with Crippen LogP contribution in [0.2, 0.25) is 0 Å². The lowest BCUT2D eigenvalue weighted by molar-refractivity contribution is 0.0729. The molecule has 0 aliphatic rings. The van der Waals surface area contributed by atoms with Gasteiger partial charge in [-0.15, -0.1) is 0 Å². The normalized spacial score (nSPS) is 10.8. The maximum atomic E-state index is 13.3. The first-order valence-electron chi connectivity index (χ1n) is 8.96. The summed E-state index contributed by atoms with van der Waals surface area (Å²) in [6.07, 6.45) is 1.70. The lowest BCUT2D eigenvalue weighted by atomic mass is 10.0. The molecular formula is C24H18FNO4. The molecule has 3 aromatic carbocycles. The van der Waals surface area contributed by atoms with Gasteiger partial charge in [0.2, 0.25) is 0 Å². The quantitative estimate of drug-likeness (QED) is 0.247. The Bertz CT molecular complexity index is 1130. The van der Waals surface area contributed by atoms with E-state index in [2.05, 4.69) is 6.07 Å². The number of nitrogens with zero attached hydrogens (tertiary/aromatic N) is 1. The summed E-state index contributed by atoms with van der Waals surface area (Å²) >= 11 is 0. The van der Waals surface area contributed by atoms with E-state index in [1.54, 1.807) is 55.7 Å². The SMILES string of the molecule is COc1ccc(/C(C#N)=C\c2ccc(OC(=O)c3cccc(F)c3)c(OC)c2)cc1. The topological polar surface area (TPSA) is 68.5 Å². The summed E-state index contributed by atoms with van der Waals surface area (Å²) in [6, 6.07) is 19.4. The van der Waals surface area contributed by atoms with Gasteiger partial charge in [0.15, 0.2) is 11.5 Å². The fourth-order valence-corrected chi connectivity index (χ4v) is 2.75. The number of nitriles is 1. The summed E-state index contributed by atoms with van der Waals surface area (Å²) in [5.41, 5.74) is 1.96. The minimum atomic E-state index is -0.702. The van der Waals surface area contributed by atoms with E-state index in [4.69, 9.17) is 14.2 Å². The van der Waals surface area contributed by atoms with Gasteiger partial charge in [-0.25, -0.2) is 9.18 Å². The molecule has 0 saturated heterocycles. The van der Waals surface area contributed by atoms with Gasteiger partial charge in [-0.1, -0.05) is 12.1 Å². The highest BCUT2D eigenvalue weighted by molar-refractivity contribution is 5.92. The predicted octanol–water partition coefficient (Wildman–Crippen LogP) is 5.13. The van der Waals surface area contributed by atoms with Crippen molar-refractivity contribution in [3.05, 3.63) is 89.2 Å². The van der Waals surface area contributed by atoms with Crippen LogP contribution < -0.4 is 14.2 Å². The van der Waals surface area contributed by atoms with Gasteiger partial charge in [0.25, 0.3) is 0 Å². The van der Waals surface area contributed by atoms with Crippen LogP contribution in [0.4, 0.5) is 4.39 Å².